The fourth-order valence-corrected chi connectivity index (χ4v) is 2.45. The highest BCUT2D eigenvalue weighted by molar-refractivity contribution is 7.80. The molecule has 114 valence electrons. The minimum atomic E-state index is -0.291. The molecule has 1 atom stereocenters. The molecule has 1 aromatic carbocycles. The summed E-state index contributed by atoms with van der Waals surface area (Å²) in [5.74, 6) is 0.00923. The number of nitrogens with one attached hydrogen (secondary N) is 1. The lowest BCUT2D eigenvalue weighted by Gasteiger charge is -2.36. The number of ether oxygens (including phenoxy) is 1. The Labute approximate surface area is 130 Å². The quantitative estimate of drug-likeness (QED) is 0.796. The first kappa shape index (κ1) is 15.7. The molecule has 0 saturated carbocycles. The molecule has 0 bridgehead atoms. The van der Waals surface area contributed by atoms with Gasteiger partial charge in [0.1, 0.15) is 11.0 Å². The largest absolute Gasteiger partial charge is 0.389 e. The maximum absolute atomic E-state index is 12.2. The van der Waals surface area contributed by atoms with Crippen LogP contribution in [0.1, 0.15) is 18.9 Å². The van der Waals surface area contributed by atoms with E-state index in [1.165, 1.54) is 0 Å². The molecule has 21 heavy (non-hydrogen) atoms. The average Bonchev–Trinajstić information content (AvgIpc) is 2.52. The number of morpholine rings is 1. The zero-order valence-electron chi connectivity index (χ0n) is 12.2. The molecule has 0 aromatic heterocycles. The molecule has 1 saturated heterocycles. The van der Waals surface area contributed by atoms with Crippen LogP contribution < -0.4 is 16.0 Å². The Balaban J connectivity index is 2.14. The predicted octanol–water partition coefficient (Wildman–Crippen LogP) is 1.05. The van der Waals surface area contributed by atoms with Crippen LogP contribution in [-0.4, -0.2) is 43.2 Å². The van der Waals surface area contributed by atoms with Crippen molar-refractivity contribution in [3.8, 4) is 0 Å². The summed E-state index contributed by atoms with van der Waals surface area (Å²) in [5.41, 5.74) is 7.42. The van der Waals surface area contributed by atoms with Crippen molar-refractivity contribution in [2.45, 2.75) is 19.4 Å². The molecule has 3 N–H and O–H groups in total. The summed E-state index contributed by atoms with van der Waals surface area (Å²) in [6, 6.07) is 7.36. The minimum Gasteiger partial charge on any atom is -0.389 e. The fraction of sp³-hybridized carbons (Fsp3) is 0.467. The first-order valence-corrected chi connectivity index (χ1v) is 7.56. The lowest BCUT2D eigenvalue weighted by molar-refractivity contribution is -0.124. The van der Waals surface area contributed by atoms with Crippen LogP contribution in [0.5, 0.6) is 0 Å². The zero-order chi connectivity index (χ0) is 15.2. The number of thiocarbonyl (C=S) groups is 1. The fourth-order valence-electron chi connectivity index (χ4n) is 2.31. The third-order valence-corrected chi connectivity index (χ3v) is 3.70. The Hall–Kier alpha value is -1.66. The van der Waals surface area contributed by atoms with E-state index in [1.54, 1.807) is 0 Å². The second-order valence-corrected chi connectivity index (χ2v) is 5.43. The van der Waals surface area contributed by atoms with Gasteiger partial charge in [-0.15, -0.1) is 0 Å². The Morgan fingerprint density at radius 2 is 2.19 bits per heavy atom. The molecule has 0 spiro atoms. The van der Waals surface area contributed by atoms with Crippen molar-refractivity contribution in [3.63, 3.8) is 0 Å². The lowest BCUT2D eigenvalue weighted by Crippen LogP contribution is -2.54. The van der Waals surface area contributed by atoms with Gasteiger partial charge in [-0.05, 0) is 30.7 Å². The lowest BCUT2D eigenvalue weighted by atomic mass is 10.1. The molecule has 1 amide bonds. The van der Waals surface area contributed by atoms with Gasteiger partial charge >= 0.3 is 0 Å². The number of hydrogen-bond acceptors (Lipinski definition) is 4. The Kier molecular flexibility index (Phi) is 5.52. The van der Waals surface area contributed by atoms with Gasteiger partial charge in [0.05, 0.1) is 13.2 Å². The van der Waals surface area contributed by atoms with E-state index in [4.69, 9.17) is 22.7 Å². The highest BCUT2D eigenvalue weighted by Crippen LogP contribution is 2.20. The van der Waals surface area contributed by atoms with E-state index in [1.807, 2.05) is 31.2 Å². The van der Waals surface area contributed by atoms with E-state index >= 15 is 0 Å². The smallest absolute Gasteiger partial charge is 0.245 e. The van der Waals surface area contributed by atoms with Crippen LogP contribution in [0.3, 0.4) is 0 Å². The molecular formula is C15H21N3O2S. The molecule has 1 fully saturated rings. The van der Waals surface area contributed by atoms with Gasteiger partial charge in [-0.1, -0.05) is 19.1 Å². The number of carbonyl (C=O) groups is 1. The number of hydrogen-bond donors (Lipinski definition) is 2. The number of benzene rings is 1. The molecule has 6 heteroatoms. The van der Waals surface area contributed by atoms with Crippen molar-refractivity contribution in [1.29, 1.82) is 0 Å². The molecule has 5 nitrogen and oxygen atoms in total. The third kappa shape index (κ3) is 3.92. The topological polar surface area (TPSA) is 67.6 Å². The van der Waals surface area contributed by atoms with Gasteiger partial charge in [-0.2, -0.15) is 0 Å². The van der Waals surface area contributed by atoms with Crippen molar-refractivity contribution < 1.29 is 9.53 Å². The molecule has 0 aliphatic carbocycles. The molecule has 1 aromatic rings. The number of nitrogens with two attached hydrogens (primary N) is 1. The van der Waals surface area contributed by atoms with Crippen molar-refractivity contribution >= 4 is 28.8 Å². The van der Waals surface area contributed by atoms with E-state index in [2.05, 4.69) is 10.2 Å². The van der Waals surface area contributed by atoms with E-state index in [0.29, 0.717) is 31.3 Å². The van der Waals surface area contributed by atoms with E-state index in [-0.39, 0.29) is 11.9 Å². The van der Waals surface area contributed by atoms with Crippen LogP contribution in [0.2, 0.25) is 0 Å². The van der Waals surface area contributed by atoms with Crippen LogP contribution >= 0.6 is 12.2 Å². The Morgan fingerprint density at radius 3 is 2.81 bits per heavy atom. The van der Waals surface area contributed by atoms with E-state index in [9.17, 15) is 4.79 Å². The molecule has 1 heterocycles. The molecule has 2 rings (SSSR count). The summed E-state index contributed by atoms with van der Waals surface area (Å²) in [6.07, 6.45) is 0.919. The van der Waals surface area contributed by atoms with Gasteiger partial charge in [0.15, 0.2) is 0 Å². The molecule has 0 radical (unpaired) electrons. The van der Waals surface area contributed by atoms with E-state index in [0.717, 1.165) is 17.7 Å². The van der Waals surface area contributed by atoms with Gasteiger partial charge < -0.3 is 20.7 Å². The van der Waals surface area contributed by atoms with Gasteiger partial charge in [0.25, 0.3) is 0 Å². The first-order valence-electron chi connectivity index (χ1n) is 7.15. The summed E-state index contributed by atoms with van der Waals surface area (Å²) in [6.45, 7) is 4.44. The van der Waals surface area contributed by atoms with Crippen LogP contribution in [0.4, 0.5) is 5.69 Å². The molecule has 1 aliphatic heterocycles. The number of amides is 1. The maximum Gasteiger partial charge on any atom is 0.245 e. The summed E-state index contributed by atoms with van der Waals surface area (Å²) < 4.78 is 5.45. The number of carbonyl (C=O) groups excluding carboxylic acids is 1. The number of anilines is 1. The van der Waals surface area contributed by atoms with E-state index < -0.39 is 0 Å². The first-order chi connectivity index (χ1) is 10.1. The zero-order valence-corrected chi connectivity index (χ0v) is 13.0. The highest BCUT2D eigenvalue weighted by Gasteiger charge is 2.29. The number of rotatable bonds is 5. The standard InChI is InChI=1S/C15H21N3O2S/c1-2-7-17-15(19)13-10-20-9-8-18(13)12-5-3-11(4-6-12)14(16)21/h3-6,13H,2,7-10H2,1H3,(H2,16,21)(H,17,19). The SMILES string of the molecule is CCCNC(=O)C1COCCN1c1ccc(C(N)=S)cc1. The van der Waals surface area contributed by atoms with Crippen molar-refractivity contribution in [2.75, 3.05) is 31.2 Å². The molecule has 1 unspecified atom stereocenters. The molecule has 1 aliphatic rings. The third-order valence-electron chi connectivity index (χ3n) is 3.46. The Morgan fingerprint density at radius 1 is 1.48 bits per heavy atom. The van der Waals surface area contributed by atoms with Gasteiger partial charge in [0, 0.05) is 24.3 Å². The van der Waals surface area contributed by atoms with Crippen molar-refractivity contribution in [3.05, 3.63) is 29.8 Å². The Bertz CT molecular complexity index is 504. The van der Waals surface area contributed by atoms with Crippen molar-refractivity contribution in [2.24, 2.45) is 5.73 Å². The van der Waals surface area contributed by atoms with Gasteiger partial charge in [0.2, 0.25) is 5.91 Å². The monoisotopic (exact) mass is 307 g/mol. The second kappa shape index (κ2) is 7.38. The average molecular weight is 307 g/mol. The van der Waals surface area contributed by atoms with Gasteiger partial charge in [-0.25, -0.2) is 0 Å². The van der Waals surface area contributed by atoms with Crippen LogP contribution in [0.25, 0.3) is 0 Å². The normalized spacial score (nSPS) is 18.3. The highest BCUT2D eigenvalue weighted by atomic mass is 32.1. The molecular weight excluding hydrogens is 286 g/mol. The predicted molar refractivity (Wildman–Crippen MR) is 87.6 cm³/mol. The van der Waals surface area contributed by atoms with Crippen LogP contribution in [0.15, 0.2) is 24.3 Å². The minimum absolute atomic E-state index is 0.00923. The number of nitrogens with zero attached hydrogens (tertiary/aromatic N) is 1. The summed E-state index contributed by atoms with van der Waals surface area (Å²) in [5, 5.41) is 2.93. The second-order valence-electron chi connectivity index (χ2n) is 4.99. The maximum atomic E-state index is 12.2. The van der Waals surface area contributed by atoms with Crippen LogP contribution in [-0.2, 0) is 9.53 Å². The van der Waals surface area contributed by atoms with Crippen molar-refractivity contribution in [1.82, 2.24) is 5.32 Å². The van der Waals surface area contributed by atoms with Crippen LogP contribution in [0, 0.1) is 0 Å². The summed E-state index contributed by atoms with van der Waals surface area (Å²) in [4.78, 5) is 14.7. The summed E-state index contributed by atoms with van der Waals surface area (Å²) >= 11 is 4.95. The summed E-state index contributed by atoms with van der Waals surface area (Å²) in [7, 11) is 0. The van der Waals surface area contributed by atoms with Gasteiger partial charge in [-0.3, -0.25) is 4.79 Å².